The maximum absolute atomic E-state index is 13.0. The number of anilines is 1. The molecule has 1 heterocycles. The van der Waals surface area contributed by atoms with E-state index in [1.165, 1.54) is 25.0 Å². The van der Waals surface area contributed by atoms with Gasteiger partial charge in [0.05, 0.1) is 0 Å². The number of hydrogen-bond donors (Lipinski definition) is 1. The van der Waals surface area contributed by atoms with Crippen LogP contribution in [0.4, 0.5) is 10.1 Å². The van der Waals surface area contributed by atoms with E-state index in [2.05, 4.69) is 28.6 Å². The van der Waals surface area contributed by atoms with E-state index in [9.17, 15) is 4.39 Å². The van der Waals surface area contributed by atoms with Crippen LogP contribution in [0.2, 0.25) is 0 Å². The number of guanidine groups is 1. The Morgan fingerprint density at radius 1 is 1.17 bits per heavy atom. The molecule has 0 bridgehead atoms. The Morgan fingerprint density at radius 3 is 2.30 bits per heavy atom. The fourth-order valence-electron chi connectivity index (χ4n) is 3.26. The molecule has 126 valence electrons. The second kappa shape index (κ2) is 6.38. The van der Waals surface area contributed by atoms with Crippen molar-refractivity contribution < 1.29 is 4.39 Å². The third kappa shape index (κ3) is 3.59. The monoisotopic (exact) mass is 318 g/mol. The molecule has 0 spiro atoms. The minimum Gasteiger partial charge on any atom is -0.370 e. The summed E-state index contributed by atoms with van der Waals surface area (Å²) in [5.74, 6) is 1.16. The van der Waals surface area contributed by atoms with Crippen molar-refractivity contribution in [3.8, 4) is 0 Å². The number of rotatable bonds is 4. The third-order valence-corrected chi connectivity index (χ3v) is 5.47. The molecular formula is C18H27FN4. The summed E-state index contributed by atoms with van der Waals surface area (Å²) < 4.78 is 13.0. The lowest BCUT2D eigenvalue weighted by atomic mass is 9.93. The van der Waals surface area contributed by atoms with E-state index in [0.717, 1.165) is 38.4 Å². The van der Waals surface area contributed by atoms with Crippen LogP contribution < -0.4 is 10.6 Å². The molecule has 1 aliphatic heterocycles. The number of piperazine rings is 1. The van der Waals surface area contributed by atoms with E-state index < -0.39 is 0 Å². The first-order chi connectivity index (χ1) is 11.0. The van der Waals surface area contributed by atoms with Gasteiger partial charge < -0.3 is 15.5 Å². The summed E-state index contributed by atoms with van der Waals surface area (Å²) in [6.07, 6.45) is 2.56. The zero-order valence-electron chi connectivity index (χ0n) is 14.1. The Kier molecular flexibility index (Phi) is 4.46. The normalized spacial score (nSPS) is 21.0. The average molecular weight is 318 g/mol. The fourth-order valence-corrected chi connectivity index (χ4v) is 3.26. The van der Waals surface area contributed by atoms with Crippen LogP contribution in [0.1, 0.15) is 26.7 Å². The number of hydrogen-bond acceptors (Lipinski definition) is 2. The Labute approximate surface area is 138 Å². The molecule has 5 heteroatoms. The summed E-state index contributed by atoms with van der Waals surface area (Å²) in [6.45, 7) is 8.91. The largest absolute Gasteiger partial charge is 0.370 e. The molecule has 1 saturated heterocycles. The Bertz CT molecular complexity index is 555. The van der Waals surface area contributed by atoms with E-state index in [4.69, 9.17) is 5.73 Å². The number of nitrogens with zero attached hydrogens (tertiary/aromatic N) is 3. The van der Waals surface area contributed by atoms with Crippen molar-refractivity contribution in [3.63, 3.8) is 0 Å². The highest BCUT2D eigenvalue weighted by molar-refractivity contribution is 5.78. The SMILES string of the molecule is CC(C)C1(CN=C(N)N2CCN(c3ccc(F)cc3)CC2)CC1. The van der Waals surface area contributed by atoms with Crippen LogP contribution in [0.5, 0.6) is 0 Å². The molecule has 2 aliphatic rings. The van der Waals surface area contributed by atoms with Gasteiger partial charge in [-0.05, 0) is 48.4 Å². The maximum Gasteiger partial charge on any atom is 0.191 e. The molecule has 3 rings (SSSR count). The minimum absolute atomic E-state index is 0.192. The van der Waals surface area contributed by atoms with Crippen LogP contribution >= 0.6 is 0 Å². The Hall–Kier alpha value is -1.78. The van der Waals surface area contributed by atoms with E-state index >= 15 is 0 Å². The lowest BCUT2D eigenvalue weighted by molar-refractivity contribution is 0.357. The third-order valence-electron chi connectivity index (χ3n) is 5.47. The Balaban J connectivity index is 1.53. The van der Waals surface area contributed by atoms with E-state index in [1.807, 2.05) is 12.1 Å². The van der Waals surface area contributed by atoms with Crippen LogP contribution in [0.25, 0.3) is 0 Å². The van der Waals surface area contributed by atoms with Gasteiger partial charge in [-0.25, -0.2) is 4.39 Å². The first-order valence-corrected chi connectivity index (χ1v) is 8.56. The number of aliphatic imine (C=N–C) groups is 1. The first kappa shape index (κ1) is 16.1. The van der Waals surface area contributed by atoms with Crippen molar-refractivity contribution in [1.29, 1.82) is 0 Å². The molecule has 0 amide bonds. The maximum atomic E-state index is 13.0. The standard InChI is InChI=1S/C18H27FN4/c1-14(2)18(7-8-18)13-21-17(20)23-11-9-22(10-12-23)16-5-3-15(19)4-6-16/h3-6,14H,7-13H2,1-2H3,(H2,20,21). The number of benzene rings is 1. The van der Waals surface area contributed by atoms with Crippen LogP contribution in [0.15, 0.2) is 29.3 Å². The molecule has 1 aromatic rings. The van der Waals surface area contributed by atoms with Gasteiger partial charge in [0.2, 0.25) is 0 Å². The van der Waals surface area contributed by atoms with Crippen molar-refractivity contribution in [2.45, 2.75) is 26.7 Å². The van der Waals surface area contributed by atoms with Gasteiger partial charge in [-0.3, -0.25) is 4.99 Å². The summed E-state index contributed by atoms with van der Waals surface area (Å²) in [5.41, 5.74) is 7.67. The summed E-state index contributed by atoms with van der Waals surface area (Å²) in [7, 11) is 0. The lowest BCUT2D eigenvalue weighted by Crippen LogP contribution is -2.51. The summed E-state index contributed by atoms with van der Waals surface area (Å²) in [4.78, 5) is 9.09. The van der Waals surface area contributed by atoms with Crippen molar-refractivity contribution in [3.05, 3.63) is 30.1 Å². The second-order valence-corrected chi connectivity index (χ2v) is 7.14. The van der Waals surface area contributed by atoms with Gasteiger partial charge in [0.25, 0.3) is 0 Å². The summed E-state index contributed by atoms with van der Waals surface area (Å²) in [6, 6.07) is 6.70. The molecule has 1 saturated carbocycles. The van der Waals surface area contributed by atoms with Crippen molar-refractivity contribution in [2.75, 3.05) is 37.6 Å². The highest BCUT2D eigenvalue weighted by Crippen LogP contribution is 2.51. The molecule has 0 radical (unpaired) electrons. The lowest BCUT2D eigenvalue weighted by Gasteiger charge is -2.36. The van der Waals surface area contributed by atoms with E-state index in [0.29, 0.717) is 17.3 Å². The second-order valence-electron chi connectivity index (χ2n) is 7.14. The molecule has 0 atom stereocenters. The molecule has 1 aliphatic carbocycles. The molecule has 1 aromatic carbocycles. The number of nitrogens with two attached hydrogens (primary N) is 1. The van der Waals surface area contributed by atoms with Gasteiger partial charge in [0.15, 0.2) is 5.96 Å². The topological polar surface area (TPSA) is 44.9 Å². The van der Waals surface area contributed by atoms with Gasteiger partial charge in [-0.15, -0.1) is 0 Å². The summed E-state index contributed by atoms with van der Waals surface area (Å²) in [5, 5.41) is 0. The van der Waals surface area contributed by atoms with Crippen LogP contribution in [0.3, 0.4) is 0 Å². The highest BCUT2D eigenvalue weighted by Gasteiger charge is 2.45. The predicted octanol–water partition coefficient (Wildman–Crippen LogP) is 2.70. The quantitative estimate of drug-likeness (QED) is 0.686. The van der Waals surface area contributed by atoms with Gasteiger partial charge in [0.1, 0.15) is 5.82 Å². The van der Waals surface area contributed by atoms with Gasteiger partial charge in [-0.1, -0.05) is 13.8 Å². The van der Waals surface area contributed by atoms with Crippen molar-refractivity contribution in [1.82, 2.24) is 4.90 Å². The van der Waals surface area contributed by atoms with Crippen molar-refractivity contribution >= 4 is 11.6 Å². The zero-order chi connectivity index (χ0) is 16.4. The molecule has 23 heavy (non-hydrogen) atoms. The fraction of sp³-hybridized carbons (Fsp3) is 0.611. The Morgan fingerprint density at radius 2 is 1.78 bits per heavy atom. The first-order valence-electron chi connectivity index (χ1n) is 8.56. The molecule has 4 nitrogen and oxygen atoms in total. The predicted molar refractivity (Wildman–Crippen MR) is 93.2 cm³/mol. The van der Waals surface area contributed by atoms with Crippen LogP contribution in [-0.4, -0.2) is 43.6 Å². The highest BCUT2D eigenvalue weighted by atomic mass is 19.1. The summed E-state index contributed by atoms with van der Waals surface area (Å²) >= 11 is 0. The van der Waals surface area contributed by atoms with Gasteiger partial charge in [0, 0.05) is 38.4 Å². The average Bonchev–Trinajstić information content (AvgIpc) is 3.35. The number of halogens is 1. The van der Waals surface area contributed by atoms with Crippen LogP contribution in [-0.2, 0) is 0 Å². The van der Waals surface area contributed by atoms with E-state index in [-0.39, 0.29) is 5.82 Å². The zero-order valence-corrected chi connectivity index (χ0v) is 14.1. The van der Waals surface area contributed by atoms with Gasteiger partial charge in [-0.2, -0.15) is 0 Å². The molecular weight excluding hydrogens is 291 g/mol. The minimum atomic E-state index is -0.192. The van der Waals surface area contributed by atoms with Gasteiger partial charge >= 0.3 is 0 Å². The van der Waals surface area contributed by atoms with E-state index in [1.54, 1.807) is 0 Å². The molecule has 2 fully saturated rings. The smallest absolute Gasteiger partial charge is 0.191 e. The van der Waals surface area contributed by atoms with Crippen molar-refractivity contribution in [2.24, 2.45) is 22.1 Å². The molecule has 0 unspecified atom stereocenters. The molecule has 0 aromatic heterocycles. The molecule has 2 N–H and O–H groups in total. The van der Waals surface area contributed by atoms with Crippen LogP contribution in [0, 0.1) is 17.2 Å².